The van der Waals surface area contributed by atoms with Crippen LogP contribution in [0.3, 0.4) is 0 Å². The molecule has 1 aromatic heterocycles. The number of methoxy groups -OCH3 is 1. The first-order valence-electron chi connectivity index (χ1n) is 14.2. The molecule has 2 aromatic carbocycles. The normalized spacial score (nSPS) is 21.1. The van der Waals surface area contributed by atoms with E-state index in [9.17, 15) is 19.5 Å². The number of aryl methyl sites for hydroxylation is 2. The molecule has 2 aliphatic heterocycles. The van der Waals surface area contributed by atoms with Gasteiger partial charge in [-0.25, -0.2) is 9.48 Å². The molecule has 222 valence electrons. The second-order valence-corrected chi connectivity index (χ2v) is 11.8. The van der Waals surface area contributed by atoms with Crippen molar-refractivity contribution in [1.29, 1.82) is 0 Å². The van der Waals surface area contributed by atoms with Crippen LogP contribution in [0.25, 0.3) is 0 Å². The van der Waals surface area contributed by atoms with Gasteiger partial charge in [-0.05, 0) is 60.0 Å². The number of amides is 2. The van der Waals surface area contributed by atoms with Crippen LogP contribution in [0, 0.1) is 12.8 Å². The standard InChI is InChI=1S/C31H38N5O5P/c1-20-17-23(42)10-11-24(20)25-18-35(28-12-13-29(38)33(2)32-28)19-26(25)30(39)34-14-4-5-27(21-6-8-22(37)9-7-21)36(16-15-34)31(40)41-3/h6-13,17,25-27,37H,4-5,14-16,18-19,42H2,1-3H3. The highest BCUT2D eigenvalue weighted by Gasteiger charge is 2.42. The van der Waals surface area contributed by atoms with Crippen molar-refractivity contribution in [1.82, 2.24) is 19.6 Å². The topological polar surface area (TPSA) is 108 Å². The van der Waals surface area contributed by atoms with E-state index in [1.54, 1.807) is 30.1 Å². The summed E-state index contributed by atoms with van der Waals surface area (Å²) in [5, 5.41) is 15.3. The third-order valence-electron chi connectivity index (χ3n) is 8.49. The van der Waals surface area contributed by atoms with Gasteiger partial charge in [-0.1, -0.05) is 30.3 Å². The lowest BCUT2D eigenvalue weighted by atomic mass is 9.85. The van der Waals surface area contributed by atoms with Crippen molar-refractivity contribution < 1.29 is 19.4 Å². The van der Waals surface area contributed by atoms with Gasteiger partial charge >= 0.3 is 6.09 Å². The van der Waals surface area contributed by atoms with Crippen molar-refractivity contribution in [2.24, 2.45) is 13.0 Å². The summed E-state index contributed by atoms with van der Waals surface area (Å²) in [5.74, 6) is 0.501. The van der Waals surface area contributed by atoms with E-state index in [2.05, 4.69) is 44.4 Å². The summed E-state index contributed by atoms with van der Waals surface area (Å²) in [6.45, 7) is 4.44. The molecule has 3 aromatic rings. The molecule has 4 atom stereocenters. The monoisotopic (exact) mass is 591 g/mol. The molecular weight excluding hydrogens is 553 g/mol. The number of nitrogens with zero attached hydrogens (tertiary/aromatic N) is 5. The molecule has 11 heteroatoms. The number of hydrogen-bond acceptors (Lipinski definition) is 7. The van der Waals surface area contributed by atoms with Crippen LogP contribution in [0.15, 0.2) is 59.4 Å². The predicted molar refractivity (Wildman–Crippen MR) is 164 cm³/mol. The summed E-state index contributed by atoms with van der Waals surface area (Å²) in [6, 6.07) is 16.2. The molecular formula is C31H38N5O5P. The number of carbonyl (C=O) groups excluding carboxylic acids is 2. The third kappa shape index (κ3) is 6.14. The Kier molecular flexibility index (Phi) is 8.82. The SMILES string of the molecule is COC(=O)N1CCN(C(=O)C2CN(c3ccc(=O)n(C)n3)CC2c2ccc(P)cc2C)CCCC1c1ccc(O)cc1. The number of anilines is 1. The van der Waals surface area contributed by atoms with Gasteiger partial charge in [0.1, 0.15) is 11.6 Å². The highest BCUT2D eigenvalue weighted by atomic mass is 31.0. The molecule has 0 bridgehead atoms. The average molecular weight is 592 g/mol. The van der Waals surface area contributed by atoms with Gasteiger partial charge in [-0.3, -0.25) is 14.5 Å². The zero-order chi connectivity index (χ0) is 30.0. The Morgan fingerprint density at radius 2 is 1.79 bits per heavy atom. The first-order chi connectivity index (χ1) is 20.2. The molecule has 10 nitrogen and oxygen atoms in total. The fourth-order valence-electron chi connectivity index (χ4n) is 6.29. The van der Waals surface area contributed by atoms with Crippen molar-refractivity contribution in [3.8, 4) is 5.75 Å². The summed E-state index contributed by atoms with van der Waals surface area (Å²) < 4.78 is 6.45. The number of benzene rings is 2. The highest BCUT2D eigenvalue weighted by Crippen LogP contribution is 2.38. The van der Waals surface area contributed by atoms with E-state index in [0.717, 1.165) is 22.0 Å². The van der Waals surface area contributed by atoms with Crippen LogP contribution in [-0.4, -0.2) is 76.5 Å². The van der Waals surface area contributed by atoms with E-state index < -0.39 is 6.09 Å². The van der Waals surface area contributed by atoms with Crippen molar-refractivity contribution >= 4 is 32.4 Å². The van der Waals surface area contributed by atoms with Gasteiger partial charge in [-0.15, -0.1) is 9.24 Å². The van der Waals surface area contributed by atoms with Crippen LogP contribution < -0.4 is 15.8 Å². The van der Waals surface area contributed by atoms with Crippen LogP contribution in [0.1, 0.15) is 41.5 Å². The van der Waals surface area contributed by atoms with Gasteiger partial charge in [0.2, 0.25) is 5.91 Å². The molecule has 3 heterocycles. The summed E-state index contributed by atoms with van der Waals surface area (Å²) >= 11 is 0. The maximum atomic E-state index is 14.3. The van der Waals surface area contributed by atoms with Crippen molar-refractivity contribution in [2.45, 2.75) is 31.7 Å². The Morgan fingerprint density at radius 1 is 1.02 bits per heavy atom. The Bertz CT molecular complexity index is 1510. The van der Waals surface area contributed by atoms with Gasteiger partial charge in [0, 0.05) is 51.8 Å². The summed E-state index contributed by atoms with van der Waals surface area (Å²) in [7, 11) is 5.72. The molecule has 2 saturated heterocycles. The van der Waals surface area contributed by atoms with Crippen LogP contribution >= 0.6 is 9.24 Å². The second-order valence-electron chi connectivity index (χ2n) is 11.1. The summed E-state index contributed by atoms with van der Waals surface area (Å²) in [4.78, 5) is 44.8. The Hall–Kier alpha value is -3.91. The minimum Gasteiger partial charge on any atom is -0.508 e. The van der Waals surface area contributed by atoms with Crippen LogP contribution in [-0.2, 0) is 16.6 Å². The van der Waals surface area contributed by atoms with Gasteiger partial charge in [-0.2, -0.15) is 5.10 Å². The van der Waals surface area contributed by atoms with E-state index in [-0.39, 0.29) is 35.1 Å². The quantitative estimate of drug-likeness (QED) is 0.465. The molecule has 1 N–H and O–H groups in total. The molecule has 4 unspecified atom stereocenters. The molecule has 0 radical (unpaired) electrons. The lowest BCUT2D eigenvalue weighted by molar-refractivity contribution is -0.136. The van der Waals surface area contributed by atoms with Crippen molar-refractivity contribution in [3.05, 3.63) is 81.6 Å². The average Bonchev–Trinajstić information content (AvgIpc) is 3.40. The zero-order valence-electron chi connectivity index (χ0n) is 24.3. The van der Waals surface area contributed by atoms with Crippen LogP contribution in [0.5, 0.6) is 5.75 Å². The van der Waals surface area contributed by atoms with Gasteiger partial charge < -0.3 is 19.6 Å². The number of rotatable bonds is 4. The Labute approximate surface area is 248 Å². The molecule has 2 fully saturated rings. The molecule has 2 amide bonds. The van der Waals surface area contributed by atoms with Gasteiger partial charge in [0.25, 0.3) is 5.56 Å². The molecule has 0 spiro atoms. The molecule has 0 aliphatic carbocycles. The lowest BCUT2D eigenvalue weighted by Crippen LogP contribution is -2.47. The fraction of sp³-hybridized carbons (Fsp3) is 0.419. The largest absolute Gasteiger partial charge is 0.508 e. The number of aromatic hydroxyl groups is 1. The van der Waals surface area contributed by atoms with E-state index in [0.29, 0.717) is 51.4 Å². The van der Waals surface area contributed by atoms with E-state index in [4.69, 9.17) is 4.74 Å². The number of carbonyl (C=O) groups is 2. The van der Waals surface area contributed by atoms with E-state index in [1.165, 1.54) is 17.9 Å². The second kappa shape index (κ2) is 12.5. The van der Waals surface area contributed by atoms with Crippen LogP contribution in [0.4, 0.5) is 10.6 Å². The minimum absolute atomic E-state index is 0.0505. The Morgan fingerprint density at radius 3 is 2.48 bits per heavy atom. The van der Waals surface area contributed by atoms with Crippen molar-refractivity contribution in [2.75, 3.05) is 44.7 Å². The number of hydrogen-bond donors (Lipinski definition) is 1. The summed E-state index contributed by atoms with van der Waals surface area (Å²) in [5.41, 5.74) is 2.99. The van der Waals surface area contributed by atoms with E-state index >= 15 is 0 Å². The Balaban J connectivity index is 1.41. The molecule has 42 heavy (non-hydrogen) atoms. The van der Waals surface area contributed by atoms with Gasteiger partial charge in [0.15, 0.2) is 0 Å². The maximum Gasteiger partial charge on any atom is 0.410 e. The first kappa shape index (κ1) is 29.6. The number of phenolic OH excluding ortho intramolecular Hbond substituents is 1. The predicted octanol–water partition coefficient (Wildman–Crippen LogP) is 2.95. The zero-order valence-corrected chi connectivity index (χ0v) is 25.4. The molecule has 0 saturated carbocycles. The van der Waals surface area contributed by atoms with E-state index in [1.807, 2.05) is 17.0 Å². The number of phenols is 1. The first-order valence-corrected chi connectivity index (χ1v) is 14.8. The van der Waals surface area contributed by atoms with Crippen LogP contribution in [0.2, 0.25) is 0 Å². The highest BCUT2D eigenvalue weighted by molar-refractivity contribution is 7.27. The lowest BCUT2D eigenvalue weighted by Gasteiger charge is -2.37. The maximum absolute atomic E-state index is 14.3. The summed E-state index contributed by atoms with van der Waals surface area (Å²) in [6.07, 6.45) is 0.913. The van der Waals surface area contributed by atoms with Crippen molar-refractivity contribution in [3.63, 3.8) is 0 Å². The third-order valence-corrected chi connectivity index (χ3v) is 8.85. The molecule has 5 rings (SSSR count). The molecule has 2 aliphatic rings. The van der Waals surface area contributed by atoms with Gasteiger partial charge in [0.05, 0.1) is 19.1 Å². The minimum atomic E-state index is -0.443. The number of ether oxygens (including phenoxy) is 1. The fourth-order valence-corrected chi connectivity index (χ4v) is 6.64. The smallest absolute Gasteiger partial charge is 0.410 e. The number of aromatic nitrogens is 2.